The van der Waals surface area contributed by atoms with E-state index in [-0.39, 0.29) is 17.8 Å². The average molecular weight is 279 g/mol. The molecule has 3 N–H and O–H groups in total. The molecule has 6 nitrogen and oxygen atoms in total. The molecule has 0 spiro atoms. The minimum absolute atomic E-state index is 0.0262. The van der Waals surface area contributed by atoms with Crippen molar-refractivity contribution in [2.75, 3.05) is 11.9 Å². The molecule has 0 aliphatic carbocycles. The van der Waals surface area contributed by atoms with Crippen molar-refractivity contribution in [3.8, 4) is 0 Å². The van der Waals surface area contributed by atoms with Crippen molar-refractivity contribution in [3.05, 3.63) is 17.5 Å². The van der Waals surface area contributed by atoms with Crippen LogP contribution < -0.4 is 5.32 Å². The van der Waals surface area contributed by atoms with Gasteiger partial charge in [0.15, 0.2) is 0 Å². The Morgan fingerprint density at radius 1 is 1.40 bits per heavy atom. The molecule has 6 heteroatoms. The van der Waals surface area contributed by atoms with Crippen molar-refractivity contribution in [2.24, 2.45) is 0 Å². The Hall–Kier alpha value is -1.98. The van der Waals surface area contributed by atoms with Crippen LogP contribution in [0.25, 0.3) is 0 Å². The summed E-state index contributed by atoms with van der Waals surface area (Å²) < 4.78 is 0. The predicted octanol–water partition coefficient (Wildman–Crippen LogP) is 2.82. The molecule has 1 fully saturated rings. The Labute approximate surface area is 118 Å². The third-order valence-corrected chi connectivity index (χ3v) is 3.72. The van der Waals surface area contributed by atoms with Gasteiger partial charge < -0.3 is 20.3 Å². The number of aromatic nitrogens is 1. The van der Waals surface area contributed by atoms with Crippen LogP contribution in [0, 0.1) is 6.92 Å². The second-order valence-corrected chi connectivity index (χ2v) is 5.37. The van der Waals surface area contributed by atoms with Gasteiger partial charge in [0, 0.05) is 18.3 Å². The molecule has 0 aromatic carbocycles. The van der Waals surface area contributed by atoms with E-state index in [1.165, 1.54) is 0 Å². The molecule has 1 aliphatic heterocycles. The van der Waals surface area contributed by atoms with Gasteiger partial charge in [-0.2, -0.15) is 0 Å². The van der Waals surface area contributed by atoms with Gasteiger partial charge in [-0.15, -0.1) is 0 Å². The van der Waals surface area contributed by atoms with Gasteiger partial charge >= 0.3 is 12.0 Å². The zero-order chi connectivity index (χ0) is 14.7. The number of hydrogen-bond donors (Lipinski definition) is 3. The molecule has 0 bridgehead atoms. The van der Waals surface area contributed by atoms with Gasteiger partial charge in [0.05, 0.1) is 5.69 Å². The lowest BCUT2D eigenvalue weighted by molar-refractivity contribution is 0.0692. The summed E-state index contributed by atoms with van der Waals surface area (Å²) in [5.74, 6) is -1.07. The van der Waals surface area contributed by atoms with Crippen LogP contribution >= 0.6 is 0 Å². The Balaban J connectivity index is 2.12. The van der Waals surface area contributed by atoms with Crippen molar-refractivity contribution in [3.63, 3.8) is 0 Å². The number of amides is 2. The van der Waals surface area contributed by atoms with Crippen LogP contribution in [0.4, 0.5) is 10.5 Å². The average Bonchev–Trinajstić information content (AvgIpc) is 2.60. The minimum atomic E-state index is -1.07. The molecule has 2 amide bonds. The number of carbonyl (C=O) groups excluding carboxylic acids is 1. The van der Waals surface area contributed by atoms with Gasteiger partial charge in [0.25, 0.3) is 0 Å². The highest BCUT2D eigenvalue weighted by Gasteiger charge is 2.24. The maximum atomic E-state index is 12.3. The number of nitrogens with one attached hydrogen (secondary N) is 2. The zero-order valence-corrected chi connectivity index (χ0v) is 11.9. The number of nitrogens with zero attached hydrogens (tertiary/aromatic N) is 1. The quantitative estimate of drug-likeness (QED) is 0.778. The van der Waals surface area contributed by atoms with Crippen molar-refractivity contribution in [2.45, 2.75) is 45.6 Å². The lowest BCUT2D eigenvalue weighted by atomic mass is 10.1. The lowest BCUT2D eigenvalue weighted by Crippen LogP contribution is -2.41. The maximum Gasteiger partial charge on any atom is 0.354 e. The number of likely N-dealkylation sites (tertiary alicyclic amines) is 1. The molecule has 1 unspecified atom stereocenters. The predicted molar refractivity (Wildman–Crippen MR) is 76.1 cm³/mol. The second-order valence-electron chi connectivity index (χ2n) is 5.37. The number of hydrogen-bond acceptors (Lipinski definition) is 2. The van der Waals surface area contributed by atoms with E-state index in [4.69, 9.17) is 5.11 Å². The standard InChI is InChI=1S/C14H21N3O3/c1-9-8-11(12(15-9)13(18)19)16-14(20)17-7-5-3-4-6-10(17)2/h8,10,15H,3-7H2,1-2H3,(H,16,20)(H,18,19). The Morgan fingerprint density at radius 2 is 2.15 bits per heavy atom. The van der Waals surface area contributed by atoms with E-state index < -0.39 is 5.97 Å². The van der Waals surface area contributed by atoms with Crippen LogP contribution in [0.2, 0.25) is 0 Å². The van der Waals surface area contributed by atoms with E-state index in [0.29, 0.717) is 11.4 Å². The van der Waals surface area contributed by atoms with E-state index in [2.05, 4.69) is 10.3 Å². The first-order valence-electron chi connectivity index (χ1n) is 6.99. The van der Waals surface area contributed by atoms with Crippen molar-refractivity contribution < 1.29 is 14.7 Å². The number of aromatic amines is 1. The van der Waals surface area contributed by atoms with Crippen molar-refractivity contribution in [1.82, 2.24) is 9.88 Å². The summed E-state index contributed by atoms with van der Waals surface area (Å²) in [5, 5.41) is 11.8. The smallest absolute Gasteiger partial charge is 0.354 e. The van der Waals surface area contributed by atoms with Crippen molar-refractivity contribution in [1.29, 1.82) is 0 Å². The summed E-state index contributed by atoms with van der Waals surface area (Å²) >= 11 is 0. The van der Waals surface area contributed by atoms with Crippen LogP contribution in [-0.4, -0.2) is 39.6 Å². The molecule has 1 aromatic rings. The molecule has 0 radical (unpaired) electrons. The number of rotatable bonds is 2. The van der Waals surface area contributed by atoms with Gasteiger partial charge in [-0.05, 0) is 32.8 Å². The molecular weight excluding hydrogens is 258 g/mol. The Bertz CT molecular complexity index is 510. The number of urea groups is 1. The van der Waals surface area contributed by atoms with Gasteiger partial charge in [0.2, 0.25) is 0 Å². The van der Waals surface area contributed by atoms with Crippen LogP contribution in [0.1, 0.15) is 48.8 Å². The number of carboxylic acid groups (broad SMARTS) is 1. The molecule has 110 valence electrons. The zero-order valence-electron chi connectivity index (χ0n) is 11.9. The molecule has 2 heterocycles. The summed E-state index contributed by atoms with van der Waals surface area (Å²) in [6.07, 6.45) is 4.26. The fourth-order valence-corrected chi connectivity index (χ4v) is 2.62. The van der Waals surface area contributed by atoms with Gasteiger partial charge in [-0.3, -0.25) is 0 Å². The first-order chi connectivity index (χ1) is 9.49. The summed E-state index contributed by atoms with van der Waals surface area (Å²) in [7, 11) is 0. The molecule has 1 aromatic heterocycles. The number of carboxylic acids is 1. The van der Waals surface area contributed by atoms with E-state index in [1.54, 1.807) is 17.9 Å². The largest absolute Gasteiger partial charge is 0.477 e. The minimum Gasteiger partial charge on any atom is -0.477 e. The molecular formula is C14H21N3O3. The van der Waals surface area contributed by atoms with E-state index in [1.807, 2.05) is 6.92 Å². The Morgan fingerprint density at radius 3 is 2.85 bits per heavy atom. The summed E-state index contributed by atoms with van der Waals surface area (Å²) in [5.41, 5.74) is 1.07. The first-order valence-corrected chi connectivity index (χ1v) is 6.99. The molecule has 1 atom stereocenters. The highest BCUT2D eigenvalue weighted by molar-refractivity contribution is 5.99. The summed E-state index contributed by atoms with van der Waals surface area (Å²) in [6, 6.07) is 1.61. The second kappa shape index (κ2) is 5.98. The third kappa shape index (κ3) is 3.12. The molecule has 1 aliphatic rings. The lowest BCUT2D eigenvalue weighted by Gasteiger charge is -2.27. The highest BCUT2D eigenvalue weighted by Crippen LogP contribution is 2.20. The fourth-order valence-electron chi connectivity index (χ4n) is 2.62. The monoisotopic (exact) mass is 279 g/mol. The van der Waals surface area contributed by atoms with E-state index >= 15 is 0 Å². The SMILES string of the molecule is Cc1cc(NC(=O)N2CCCCCC2C)c(C(=O)O)[nH]1. The molecule has 1 saturated heterocycles. The van der Waals surface area contributed by atoms with Gasteiger partial charge in [-0.1, -0.05) is 12.8 Å². The van der Waals surface area contributed by atoms with Crippen molar-refractivity contribution >= 4 is 17.7 Å². The van der Waals surface area contributed by atoms with Crippen LogP contribution in [-0.2, 0) is 0 Å². The maximum absolute atomic E-state index is 12.3. The fraction of sp³-hybridized carbons (Fsp3) is 0.571. The first kappa shape index (κ1) is 14.4. The highest BCUT2D eigenvalue weighted by atomic mass is 16.4. The molecule has 2 rings (SSSR count). The summed E-state index contributed by atoms with van der Waals surface area (Å²) in [6.45, 7) is 4.51. The number of carbonyl (C=O) groups is 2. The Kier molecular flexibility index (Phi) is 4.32. The van der Waals surface area contributed by atoms with Gasteiger partial charge in [0.1, 0.15) is 5.69 Å². The number of H-pyrrole nitrogens is 1. The van der Waals surface area contributed by atoms with E-state index in [9.17, 15) is 9.59 Å². The van der Waals surface area contributed by atoms with Crippen LogP contribution in [0.15, 0.2) is 6.07 Å². The molecule has 20 heavy (non-hydrogen) atoms. The topological polar surface area (TPSA) is 85.4 Å². The van der Waals surface area contributed by atoms with Crippen LogP contribution in [0.3, 0.4) is 0 Å². The van der Waals surface area contributed by atoms with E-state index in [0.717, 1.165) is 32.2 Å². The van der Waals surface area contributed by atoms with Crippen LogP contribution in [0.5, 0.6) is 0 Å². The van der Waals surface area contributed by atoms with Gasteiger partial charge in [-0.25, -0.2) is 9.59 Å². The number of aryl methyl sites for hydroxylation is 1. The number of aromatic carboxylic acids is 1. The number of anilines is 1. The normalized spacial score (nSPS) is 19.5. The third-order valence-electron chi connectivity index (χ3n) is 3.72. The summed E-state index contributed by atoms with van der Waals surface area (Å²) in [4.78, 5) is 28.0. The molecule has 0 saturated carbocycles.